The number of nitrogens with one attached hydrogen (secondary N) is 1. The maximum Gasteiger partial charge on any atom is 0.0547 e. The Hall–Kier alpha value is -0.870. The molecule has 1 N–H and O–H groups in total. The van der Waals surface area contributed by atoms with Crippen molar-refractivity contribution >= 4 is 0 Å². The normalized spacial score (nSPS) is 18.7. The van der Waals surface area contributed by atoms with Crippen LogP contribution in [-0.4, -0.2) is 40.9 Å². The van der Waals surface area contributed by atoms with Crippen molar-refractivity contribution in [2.24, 2.45) is 7.05 Å². The van der Waals surface area contributed by atoms with E-state index in [1.165, 1.54) is 31.4 Å². The monoisotopic (exact) mass is 250 g/mol. The van der Waals surface area contributed by atoms with Gasteiger partial charge in [-0.2, -0.15) is 5.10 Å². The molecule has 1 aromatic rings. The van der Waals surface area contributed by atoms with Crippen LogP contribution in [0.25, 0.3) is 0 Å². The van der Waals surface area contributed by atoms with Crippen LogP contribution in [0.5, 0.6) is 0 Å². The molecule has 1 unspecified atom stereocenters. The van der Waals surface area contributed by atoms with E-state index < -0.39 is 0 Å². The van der Waals surface area contributed by atoms with Crippen LogP contribution in [0.15, 0.2) is 12.3 Å². The Kier molecular flexibility index (Phi) is 4.78. The summed E-state index contributed by atoms with van der Waals surface area (Å²) in [7, 11) is 4.25. The largest absolute Gasteiger partial charge is 0.308 e. The molecule has 0 aromatic carbocycles. The van der Waals surface area contributed by atoms with Crippen LogP contribution in [0.4, 0.5) is 0 Å². The molecule has 1 saturated carbocycles. The minimum atomic E-state index is 0.370. The third-order valence-corrected chi connectivity index (χ3v) is 4.17. The van der Waals surface area contributed by atoms with Crippen LogP contribution in [0.3, 0.4) is 0 Å². The van der Waals surface area contributed by atoms with E-state index >= 15 is 0 Å². The zero-order chi connectivity index (χ0) is 13.0. The lowest BCUT2D eigenvalue weighted by atomic mass is 10.2. The molecule has 1 fully saturated rings. The molecule has 4 heteroatoms. The lowest BCUT2D eigenvalue weighted by Crippen LogP contribution is -2.36. The molecular formula is C14H26N4. The maximum absolute atomic E-state index is 4.21. The molecule has 1 aliphatic rings. The van der Waals surface area contributed by atoms with E-state index in [2.05, 4.69) is 35.4 Å². The van der Waals surface area contributed by atoms with E-state index in [1.807, 2.05) is 17.9 Å². The van der Waals surface area contributed by atoms with Crippen LogP contribution >= 0.6 is 0 Å². The van der Waals surface area contributed by atoms with Gasteiger partial charge in [-0.15, -0.1) is 0 Å². The zero-order valence-corrected chi connectivity index (χ0v) is 11.9. The third kappa shape index (κ3) is 3.33. The van der Waals surface area contributed by atoms with Crippen LogP contribution in [0.2, 0.25) is 0 Å². The molecule has 1 atom stereocenters. The molecular weight excluding hydrogens is 224 g/mol. The van der Waals surface area contributed by atoms with Gasteiger partial charge in [0.15, 0.2) is 0 Å². The van der Waals surface area contributed by atoms with E-state index in [4.69, 9.17) is 0 Å². The number of likely N-dealkylation sites (N-methyl/N-ethyl adjacent to an activating group) is 1. The molecule has 1 aromatic heterocycles. The molecule has 1 aliphatic carbocycles. The van der Waals surface area contributed by atoms with Gasteiger partial charge in [0.25, 0.3) is 0 Å². The van der Waals surface area contributed by atoms with E-state index in [0.717, 1.165) is 19.1 Å². The summed E-state index contributed by atoms with van der Waals surface area (Å²) < 4.78 is 1.94. The number of aromatic nitrogens is 2. The SMILES string of the molecule is CC(NCCN(C)C1CCCC1)c1ccnn1C. The Morgan fingerprint density at radius 2 is 2.22 bits per heavy atom. The molecule has 2 rings (SSSR count). The Labute approximate surface area is 110 Å². The summed E-state index contributed by atoms with van der Waals surface area (Å²) in [6, 6.07) is 3.27. The molecule has 1 heterocycles. The van der Waals surface area contributed by atoms with Gasteiger partial charge in [0.1, 0.15) is 0 Å². The summed E-state index contributed by atoms with van der Waals surface area (Å²) in [5.41, 5.74) is 1.25. The van der Waals surface area contributed by atoms with Gasteiger partial charge in [0, 0.05) is 38.4 Å². The predicted octanol–water partition coefficient (Wildman–Crippen LogP) is 1.95. The summed E-state index contributed by atoms with van der Waals surface area (Å²) in [5.74, 6) is 0. The van der Waals surface area contributed by atoms with Crippen molar-refractivity contribution in [1.82, 2.24) is 20.0 Å². The second kappa shape index (κ2) is 6.34. The van der Waals surface area contributed by atoms with E-state index in [0.29, 0.717) is 6.04 Å². The first kappa shape index (κ1) is 13.6. The second-order valence-corrected chi connectivity index (χ2v) is 5.47. The molecule has 0 saturated heterocycles. The molecule has 0 spiro atoms. The van der Waals surface area contributed by atoms with Gasteiger partial charge < -0.3 is 10.2 Å². The molecule has 102 valence electrons. The van der Waals surface area contributed by atoms with Crippen molar-refractivity contribution in [2.45, 2.75) is 44.7 Å². The van der Waals surface area contributed by atoms with Gasteiger partial charge in [0.2, 0.25) is 0 Å². The Morgan fingerprint density at radius 1 is 1.50 bits per heavy atom. The summed E-state index contributed by atoms with van der Waals surface area (Å²) in [6.45, 7) is 4.37. The van der Waals surface area contributed by atoms with Gasteiger partial charge in [-0.25, -0.2) is 0 Å². The number of nitrogens with zero attached hydrogens (tertiary/aromatic N) is 3. The number of hydrogen-bond donors (Lipinski definition) is 1. The summed E-state index contributed by atoms with van der Waals surface area (Å²) in [5, 5.41) is 7.79. The maximum atomic E-state index is 4.21. The Balaban J connectivity index is 1.70. The summed E-state index contributed by atoms with van der Waals surface area (Å²) >= 11 is 0. The van der Waals surface area contributed by atoms with Gasteiger partial charge in [-0.1, -0.05) is 12.8 Å². The molecule has 0 amide bonds. The van der Waals surface area contributed by atoms with Gasteiger partial charge in [-0.05, 0) is 32.9 Å². The van der Waals surface area contributed by atoms with Gasteiger partial charge in [-0.3, -0.25) is 4.68 Å². The van der Waals surface area contributed by atoms with Crippen molar-refractivity contribution in [2.75, 3.05) is 20.1 Å². The number of aryl methyl sites for hydroxylation is 1. The van der Waals surface area contributed by atoms with Gasteiger partial charge >= 0.3 is 0 Å². The summed E-state index contributed by atoms with van der Waals surface area (Å²) in [4.78, 5) is 2.51. The molecule has 0 bridgehead atoms. The highest BCUT2D eigenvalue weighted by Gasteiger charge is 2.19. The van der Waals surface area contributed by atoms with Crippen LogP contribution < -0.4 is 5.32 Å². The highest BCUT2D eigenvalue weighted by atomic mass is 15.3. The van der Waals surface area contributed by atoms with Crippen LogP contribution in [-0.2, 0) is 7.05 Å². The molecule has 0 radical (unpaired) electrons. The van der Waals surface area contributed by atoms with Crippen molar-refractivity contribution in [3.63, 3.8) is 0 Å². The number of hydrogen-bond acceptors (Lipinski definition) is 3. The highest BCUT2D eigenvalue weighted by Crippen LogP contribution is 2.21. The van der Waals surface area contributed by atoms with Crippen molar-refractivity contribution in [3.8, 4) is 0 Å². The highest BCUT2D eigenvalue weighted by molar-refractivity contribution is 5.05. The smallest absolute Gasteiger partial charge is 0.0547 e. The molecule has 4 nitrogen and oxygen atoms in total. The second-order valence-electron chi connectivity index (χ2n) is 5.47. The van der Waals surface area contributed by atoms with Crippen molar-refractivity contribution in [1.29, 1.82) is 0 Å². The lowest BCUT2D eigenvalue weighted by molar-refractivity contribution is 0.242. The number of rotatable bonds is 6. The van der Waals surface area contributed by atoms with E-state index in [1.54, 1.807) is 0 Å². The Bertz CT molecular complexity index is 354. The van der Waals surface area contributed by atoms with E-state index in [-0.39, 0.29) is 0 Å². The lowest BCUT2D eigenvalue weighted by Gasteiger charge is -2.25. The minimum Gasteiger partial charge on any atom is -0.308 e. The van der Waals surface area contributed by atoms with Crippen molar-refractivity contribution in [3.05, 3.63) is 18.0 Å². The Morgan fingerprint density at radius 3 is 2.83 bits per heavy atom. The fourth-order valence-electron chi connectivity index (χ4n) is 2.90. The first-order chi connectivity index (χ1) is 8.68. The summed E-state index contributed by atoms with van der Waals surface area (Å²) in [6.07, 6.45) is 7.45. The third-order valence-electron chi connectivity index (χ3n) is 4.17. The predicted molar refractivity (Wildman–Crippen MR) is 74.5 cm³/mol. The standard InChI is InChI=1S/C14H26N4/c1-12(14-8-9-16-18(14)3)15-10-11-17(2)13-6-4-5-7-13/h8-9,12-13,15H,4-7,10-11H2,1-3H3. The van der Waals surface area contributed by atoms with E-state index in [9.17, 15) is 0 Å². The van der Waals surface area contributed by atoms with Gasteiger partial charge in [0.05, 0.1) is 5.69 Å². The fourth-order valence-corrected chi connectivity index (χ4v) is 2.90. The molecule has 18 heavy (non-hydrogen) atoms. The first-order valence-electron chi connectivity index (χ1n) is 7.10. The quantitative estimate of drug-likeness (QED) is 0.837. The van der Waals surface area contributed by atoms with Crippen LogP contribution in [0, 0.1) is 0 Å². The van der Waals surface area contributed by atoms with Crippen LogP contribution in [0.1, 0.15) is 44.3 Å². The zero-order valence-electron chi connectivity index (χ0n) is 11.9. The average molecular weight is 250 g/mol. The topological polar surface area (TPSA) is 33.1 Å². The fraction of sp³-hybridized carbons (Fsp3) is 0.786. The molecule has 0 aliphatic heterocycles. The average Bonchev–Trinajstić information content (AvgIpc) is 2.99. The minimum absolute atomic E-state index is 0.370. The first-order valence-corrected chi connectivity index (χ1v) is 7.10. The van der Waals surface area contributed by atoms with Crippen molar-refractivity contribution < 1.29 is 0 Å².